The Balaban J connectivity index is 1.61. The molecule has 0 atom stereocenters. The largest absolute Gasteiger partial charge is 0.351 e. The van der Waals surface area contributed by atoms with E-state index in [-0.39, 0.29) is 5.78 Å². The van der Waals surface area contributed by atoms with E-state index in [2.05, 4.69) is 21.2 Å². The van der Waals surface area contributed by atoms with Gasteiger partial charge >= 0.3 is 0 Å². The summed E-state index contributed by atoms with van der Waals surface area (Å²) < 4.78 is 2.03. The number of carbonyl (C=O) groups is 1. The second-order valence-electron chi connectivity index (χ2n) is 5.38. The first-order valence-electron chi connectivity index (χ1n) is 7.27. The van der Waals surface area contributed by atoms with Gasteiger partial charge in [-0.3, -0.25) is 9.89 Å². The van der Waals surface area contributed by atoms with E-state index < -0.39 is 0 Å². The first-order valence-corrected chi connectivity index (χ1v) is 9.13. The summed E-state index contributed by atoms with van der Waals surface area (Å²) in [6, 6.07) is 6.04. The summed E-state index contributed by atoms with van der Waals surface area (Å²) in [6.45, 7) is 3.97. The Bertz CT molecular complexity index is 817. The molecule has 3 aromatic rings. The zero-order valence-electron chi connectivity index (χ0n) is 13.3. The minimum atomic E-state index is 0.112. The van der Waals surface area contributed by atoms with Gasteiger partial charge in [-0.15, -0.1) is 16.4 Å². The molecule has 0 unspecified atom stereocenters. The van der Waals surface area contributed by atoms with E-state index in [9.17, 15) is 4.79 Å². The van der Waals surface area contributed by atoms with Crippen molar-refractivity contribution in [1.82, 2.24) is 19.7 Å². The summed E-state index contributed by atoms with van der Waals surface area (Å²) in [5.41, 5.74) is 2.88. The molecule has 0 aliphatic rings. The van der Waals surface area contributed by atoms with Crippen molar-refractivity contribution in [2.24, 2.45) is 7.05 Å². The number of aromatic nitrogens is 4. The zero-order valence-corrected chi connectivity index (χ0v) is 14.9. The third kappa shape index (κ3) is 3.56. The summed E-state index contributed by atoms with van der Waals surface area (Å²) in [5.74, 6) is 1.29. The van der Waals surface area contributed by atoms with Crippen molar-refractivity contribution in [3.05, 3.63) is 51.2 Å². The average Bonchev–Trinajstić information content (AvgIpc) is 3.25. The van der Waals surface area contributed by atoms with Gasteiger partial charge in [-0.1, -0.05) is 17.8 Å². The Kier molecular flexibility index (Phi) is 4.68. The third-order valence-corrected chi connectivity index (χ3v) is 5.56. The smallest absolute Gasteiger partial charge is 0.208 e. The van der Waals surface area contributed by atoms with Gasteiger partial charge < -0.3 is 4.57 Å². The lowest BCUT2D eigenvalue weighted by molar-refractivity contribution is 0.102. The van der Waals surface area contributed by atoms with Gasteiger partial charge in [0.15, 0.2) is 5.78 Å². The third-order valence-electron chi connectivity index (χ3n) is 3.84. The molecule has 0 saturated heterocycles. The van der Waals surface area contributed by atoms with Crippen LogP contribution in [0.3, 0.4) is 0 Å². The monoisotopic (exact) mass is 346 g/mol. The van der Waals surface area contributed by atoms with Crippen LogP contribution >= 0.6 is 23.1 Å². The highest BCUT2D eigenvalue weighted by Gasteiger charge is 2.15. The van der Waals surface area contributed by atoms with Gasteiger partial charge in [-0.2, -0.15) is 0 Å². The van der Waals surface area contributed by atoms with Crippen LogP contribution in [0.15, 0.2) is 28.7 Å². The van der Waals surface area contributed by atoms with Crippen molar-refractivity contribution in [1.29, 1.82) is 0 Å². The SMILES string of the molecule is Cc1cc(C(=O)CSc2n[nH]c(Cc3cccs3)n2)c(C)n1C. The normalized spacial score (nSPS) is 11.1. The van der Waals surface area contributed by atoms with Crippen molar-refractivity contribution >= 4 is 28.9 Å². The maximum Gasteiger partial charge on any atom is 0.208 e. The number of nitrogens with zero attached hydrogens (tertiary/aromatic N) is 3. The van der Waals surface area contributed by atoms with Crippen LogP contribution in [0, 0.1) is 13.8 Å². The van der Waals surface area contributed by atoms with Crippen LogP contribution < -0.4 is 0 Å². The average molecular weight is 346 g/mol. The van der Waals surface area contributed by atoms with E-state index in [1.165, 1.54) is 16.6 Å². The fourth-order valence-electron chi connectivity index (χ4n) is 2.35. The number of thiophene rings is 1. The molecule has 1 N–H and O–H groups in total. The van der Waals surface area contributed by atoms with Gasteiger partial charge in [-0.05, 0) is 31.4 Å². The number of aromatic amines is 1. The molecule has 3 rings (SSSR count). The van der Waals surface area contributed by atoms with Crippen LogP contribution in [-0.4, -0.2) is 31.3 Å². The number of rotatable bonds is 6. The van der Waals surface area contributed by atoms with Gasteiger partial charge in [0.05, 0.1) is 5.75 Å². The number of Topliss-reactive ketones (excluding diaryl/α,β-unsaturated/α-hetero) is 1. The molecule has 0 aromatic carbocycles. The number of hydrogen-bond acceptors (Lipinski definition) is 5. The van der Waals surface area contributed by atoms with Crippen molar-refractivity contribution in [2.45, 2.75) is 25.4 Å². The summed E-state index contributed by atoms with van der Waals surface area (Å²) >= 11 is 3.07. The minimum absolute atomic E-state index is 0.112. The number of thioether (sulfide) groups is 1. The molecule has 0 bridgehead atoms. The van der Waals surface area contributed by atoms with Gasteiger partial charge in [0.25, 0.3) is 0 Å². The molecule has 0 spiro atoms. The molecule has 0 aliphatic heterocycles. The molecule has 7 heteroatoms. The van der Waals surface area contributed by atoms with Crippen molar-refractivity contribution in [3.63, 3.8) is 0 Å². The first-order chi connectivity index (χ1) is 11.0. The lowest BCUT2D eigenvalue weighted by Gasteiger charge is -2.01. The molecular formula is C16H18N4OS2. The molecule has 0 fully saturated rings. The summed E-state index contributed by atoms with van der Waals surface area (Å²) in [4.78, 5) is 18.1. The van der Waals surface area contributed by atoms with Crippen LogP contribution in [0.25, 0.3) is 0 Å². The molecule has 3 heterocycles. The van der Waals surface area contributed by atoms with E-state index in [0.717, 1.165) is 29.2 Å². The highest BCUT2D eigenvalue weighted by molar-refractivity contribution is 7.99. The predicted molar refractivity (Wildman–Crippen MR) is 93.4 cm³/mol. The Morgan fingerprint density at radius 3 is 2.91 bits per heavy atom. The molecule has 0 saturated carbocycles. The van der Waals surface area contributed by atoms with E-state index in [1.807, 2.05) is 43.0 Å². The highest BCUT2D eigenvalue weighted by Crippen LogP contribution is 2.20. The molecule has 0 aliphatic carbocycles. The quantitative estimate of drug-likeness (QED) is 0.549. The second-order valence-corrected chi connectivity index (χ2v) is 7.35. The molecular weight excluding hydrogens is 328 g/mol. The van der Waals surface area contributed by atoms with Crippen LogP contribution in [-0.2, 0) is 13.5 Å². The Labute approximate surface area is 143 Å². The summed E-state index contributed by atoms with van der Waals surface area (Å²) in [7, 11) is 1.97. The van der Waals surface area contributed by atoms with Crippen molar-refractivity contribution in [3.8, 4) is 0 Å². The molecule has 3 aromatic heterocycles. The fraction of sp³-hybridized carbons (Fsp3) is 0.312. The number of ketones is 1. The number of hydrogen-bond donors (Lipinski definition) is 1. The Morgan fingerprint density at radius 1 is 1.43 bits per heavy atom. The molecule has 5 nitrogen and oxygen atoms in total. The topological polar surface area (TPSA) is 63.6 Å². The van der Waals surface area contributed by atoms with E-state index in [4.69, 9.17) is 0 Å². The Morgan fingerprint density at radius 2 is 2.26 bits per heavy atom. The molecule has 23 heavy (non-hydrogen) atoms. The van der Waals surface area contributed by atoms with E-state index in [1.54, 1.807) is 11.3 Å². The number of carbonyl (C=O) groups excluding carboxylic acids is 1. The predicted octanol–water partition coefficient (Wildman–Crippen LogP) is 3.39. The zero-order chi connectivity index (χ0) is 16.4. The second kappa shape index (κ2) is 6.72. The van der Waals surface area contributed by atoms with Gasteiger partial charge in [0.1, 0.15) is 5.82 Å². The maximum atomic E-state index is 12.4. The van der Waals surface area contributed by atoms with Crippen LogP contribution in [0.5, 0.6) is 0 Å². The van der Waals surface area contributed by atoms with Crippen LogP contribution in [0.1, 0.15) is 32.4 Å². The van der Waals surface area contributed by atoms with E-state index >= 15 is 0 Å². The fourth-order valence-corrected chi connectivity index (χ4v) is 3.75. The van der Waals surface area contributed by atoms with Gasteiger partial charge in [0, 0.05) is 35.3 Å². The van der Waals surface area contributed by atoms with Gasteiger partial charge in [0.2, 0.25) is 5.16 Å². The van der Waals surface area contributed by atoms with Crippen LogP contribution in [0.4, 0.5) is 0 Å². The summed E-state index contributed by atoms with van der Waals surface area (Å²) in [6.07, 6.45) is 0.746. The molecule has 120 valence electrons. The lowest BCUT2D eigenvalue weighted by Crippen LogP contribution is -2.04. The Hall–Kier alpha value is -1.86. The number of H-pyrrole nitrogens is 1. The molecule has 0 radical (unpaired) electrons. The standard InChI is InChI=1S/C16H18N4OS2/c1-10-7-13(11(2)20(10)3)14(21)9-23-16-17-15(18-19-16)8-12-5-4-6-22-12/h4-7H,8-9H2,1-3H3,(H,17,18,19). The minimum Gasteiger partial charge on any atom is -0.351 e. The summed E-state index contributed by atoms with van der Waals surface area (Å²) in [5, 5.41) is 9.79. The number of nitrogens with one attached hydrogen (secondary N) is 1. The number of aryl methyl sites for hydroxylation is 1. The molecule has 0 amide bonds. The van der Waals surface area contributed by atoms with Crippen molar-refractivity contribution in [2.75, 3.05) is 5.75 Å². The van der Waals surface area contributed by atoms with E-state index in [0.29, 0.717) is 10.9 Å². The first kappa shape index (κ1) is 16.0. The van der Waals surface area contributed by atoms with Crippen LogP contribution in [0.2, 0.25) is 0 Å². The van der Waals surface area contributed by atoms with Gasteiger partial charge in [-0.25, -0.2) is 4.98 Å². The highest BCUT2D eigenvalue weighted by atomic mass is 32.2. The maximum absolute atomic E-state index is 12.4. The van der Waals surface area contributed by atoms with Crippen molar-refractivity contribution < 1.29 is 4.79 Å². The lowest BCUT2D eigenvalue weighted by atomic mass is 10.2.